The molecule has 15 heavy (non-hydrogen) atoms. The van der Waals surface area contributed by atoms with Crippen molar-refractivity contribution in [3.05, 3.63) is 30.1 Å². The second kappa shape index (κ2) is 7.44. The summed E-state index contributed by atoms with van der Waals surface area (Å²) in [6, 6.07) is 4.26. The molecule has 0 aromatic carbocycles. The van der Waals surface area contributed by atoms with Gasteiger partial charge in [0.25, 0.3) is 0 Å². The van der Waals surface area contributed by atoms with Gasteiger partial charge >= 0.3 is 0 Å². The van der Waals surface area contributed by atoms with Crippen LogP contribution in [0.2, 0.25) is 0 Å². The van der Waals surface area contributed by atoms with Crippen molar-refractivity contribution in [2.45, 2.75) is 52.4 Å². The first-order valence-corrected chi connectivity index (χ1v) is 6.21. The van der Waals surface area contributed by atoms with Crippen LogP contribution >= 0.6 is 0 Å². The Kier molecular flexibility index (Phi) is 6.06. The molecular formula is C14H23N. The van der Waals surface area contributed by atoms with Gasteiger partial charge in [-0.25, -0.2) is 0 Å². The Balaban J connectivity index is 2.16. The molecule has 0 aliphatic heterocycles. The van der Waals surface area contributed by atoms with E-state index >= 15 is 0 Å². The smallest absolute Gasteiger partial charge is 0.0270 e. The van der Waals surface area contributed by atoms with Crippen LogP contribution in [-0.4, -0.2) is 4.98 Å². The highest BCUT2D eigenvalue weighted by molar-refractivity contribution is 5.10. The van der Waals surface area contributed by atoms with E-state index in [4.69, 9.17) is 0 Å². The molecule has 84 valence electrons. The van der Waals surface area contributed by atoms with E-state index in [0.717, 1.165) is 5.92 Å². The molecule has 0 amide bonds. The van der Waals surface area contributed by atoms with Crippen molar-refractivity contribution in [3.8, 4) is 0 Å². The van der Waals surface area contributed by atoms with Crippen molar-refractivity contribution in [2.75, 3.05) is 0 Å². The molecule has 1 heterocycles. The monoisotopic (exact) mass is 205 g/mol. The van der Waals surface area contributed by atoms with Crippen molar-refractivity contribution in [3.63, 3.8) is 0 Å². The first-order chi connectivity index (χ1) is 7.33. The average Bonchev–Trinajstić information content (AvgIpc) is 2.26. The van der Waals surface area contributed by atoms with Crippen LogP contribution in [0, 0.1) is 5.92 Å². The van der Waals surface area contributed by atoms with E-state index in [1.807, 2.05) is 12.4 Å². The van der Waals surface area contributed by atoms with Crippen LogP contribution in [0.3, 0.4) is 0 Å². The topological polar surface area (TPSA) is 12.9 Å². The number of aromatic nitrogens is 1. The van der Waals surface area contributed by atoms with Crippen LogP contribution in [-0.2, 0) is 6.42 Å². The Labute approximate surface area is 93.9 Å². The molecule has 1 rings (SSSR count). The maximum Gasteiger partial charge on any atom is 0.0270 e. The molecule has 1 atom stereocenters. The van der Waals surface area contributed by atoms with E-state index in [1.54, 1.807) is 0 Å². The standard InChI is InChI=1S/C14H23N/c1-3-4-5-6-7-13(2)12-14-8-10-15-11-9-14/h8-11,13H,3-7,12H2,1-2H3/t13-/m1/s1. The first kappa shape index (κ1) is 12.2. The molecule has 0 bridgehead atoms. The van der Waals surface area contributed by atoms with E-state index < -0.39 is 0 Å². The Morgan fingerprint density at radius 1 is 1.13 bits per heavy atom. The predicted octanol–water partition coefficient (Wildman–Crippen LogP) is 4.23. The normalized spacial score (nSPS) is 12.7. The second-order valence-corrected chi connectivity index (χ2v) is 4.51. The molecule has 0 aliphatic carbocycles. The van der Waals surface area contributed by atoms with Gasteiger partial charge in [-0.2, -0.15) is 0 Å². The second-order valence-electron chi connectivity index (χ2n) is 4.51. The number of hydrogen-bond acceptors (Lipinski definition) is 1. The number of hydrogen-bond donors (Lipinski definition) is 0. The summed E-state index contributed by atoms with van der Waals surface area (Å²) < 4.78 is 0. The van der Waals surface area contributed by atoms with Gasteiger partial charge in [0.1, 0.15) is 0 Å². The third-order valence-electron chi connectivity index (χ3n) is 2.88. The minimum absolute atomic E-state index is 0.809. The molecule has 0 N–H and O–H groups in total. The lowest BCUT2D eigenvalue weighted by Crippen LogP contribution is -1.99. The average molecular weight is 205 g/mol. The molecule has 1 nitrogen and oxygen atoms in total. The summed E-state index contributed by atoms with van der Waals surface area (Å²) in [5.74, 6) is 0.809. The van der Waals surface area contributed by atoms with E-state index in [1.165, 1.54) is 44.1 Å². The minimum atomic E-state index is 0.809. The Bertz CT molecular complexity index is 243. The fraction of sp³-hybridized carbons (Fsp3) is 0.643. The highest BCUT2D eigenvalue weighted by Crippen LogP contribution is 2.15. The lowest BCUT2D eigenvalue weighted by molar-refractivity contribution is 0.487. The highest BCUT2D eigenvalue weighted by Gasteiger charge is 2.02. The van der Waals surface area contributed by atoms with Gasteiger partial charge in [0.15, 0.2) is 0 Å². The van der Waals surface area contributed by atoms with Gasteiger partial charge in [0.2, 0.25) is 0 Å². The summed E-state index contributed by atoms with van der Waals surface area (Å²) >= 11 is 0. The molecule has 0 unspecified atom stereocenters. The van der Waals surface area contributed by atoms with Gasteiger partial charge in [-0.15, -0.1) is 0 Å². The van der Waals surface area contributed by atoms with E-state index in [2.05, 4.69) is 31.0 Å². The van der Waals surface area contributed by atoms with Crippen molar-refractivity contribution >= 4 is 0 Å². The quantitative estimate of drug-likeness (QED) is 0.607. The number of unbranched alkanes of at least 4 members (excludes halogenated alkanes) is 3. The van der Waals surface area contributed by atoms with E-state index in [9.17, 15) is 0 Å². The Hall–Kier alpha value is -0.850. The summed E-state index contributed by atoms with van der Waals surface area (Å²) in [6.07, 6.45) is 11.9. The maximum atomic E-state index is 4.04. The van der Waals surface area contributed by atoms with Crippen LogP contribution in [0.4, 0.5) is 0 Å². The minimum Gasteiger partial charge on any atom is -0.265 e. The fourth-order valence-corrected chi connectivity index (χ4v) is 1.94. The highest BCUT2D eigenvalue weighted by atomic mass is 14.6. The summed E-state index contributed by atoms with van der Waals surface area (Å²) in [4.78, 5) is 4.04. The summed E-state index contributed by atoms with van der Waals surface area (Å²) in [7, 11) is 0. The SMILES string of the molecule is CCCCCC[C@@H](C)Cc1ccncc1. The molecule has 1 aromatic rings. The van der Waals surface area contributed by atoms with Gasteiger partial charge in [-0.1, -0.05) is 46.0 Å². The molecule has 0 saturated heterocycles. The van der Waals surface area contributed by atoms with Crippen LogP contribution in [0.25, 0.3) is 0 Å². The molecule has 0 fully saturated rings. The van der Waals surface area contributed by atoms with Crippen LogP contribution in [0.15, 0.2) is 24.5 Å². The van der Waals surface area contributed by atoms with Gasteiger partial charge in [-0.3, -0.25) is 4.98 Å². The zero-order valence-electron chi connectivity index (χ0n) is 10.1. The van der Waals surface area contributed by atoms with E-state index in [0.29, 0.717) is 0 Å². The molecule has 0 radical (unpaired) electrons. The molecule has 1 aromatic heterocycles. The summed E-state index contributed by atoms with van der Waals surface area (Å²) in [6.45, 7) is 4.62. The van der Waals surface area contributed by atoms with Gasteiger partial charge in [-0.05, 0) is 30.0 Å². The van der Waals surface area contributed by atoms with E-state index in [-0.39, 0.29) is 0 Å². The Morgan fingerprint density at radius 3 is 2.53 bits per heavy atom. The number of nitrogens with zero attached hydrogens (tertiary/aromatic N) is 1. The van der Waals surface area contributed by atoms with Crippen LogP contribution < -0.4 is 0 Å². The van der Waals surface area contributed by atoms with Crippen molar-refractivity contribution in [1.29, 1.82) is 0 Å². The van der Waals surface area contributed by atoms with Crippen molar-refractivity contribution in [1.82, 2.24) is 4.98 Å². The predicted molar refractivity (Wildman–Crippen MR) is 65.9 cm³/mol. The first-order valence-electron chi connectivity index (χ1n) is 6.21. The summed E-state index contributed by atoms with van der Waals surface area (Å²) in [5, 5.41) is 0. The van der Waals surface area contributed by atoms with Crippen LogP contribution in [0.5, 0.6) is 0 Å². The molecule has 0 aliphatic rings. The fourth-order valence-electron chi connectivity index (χ4n) is 1.94. The number of rotatable bonds is 7. The molecule has 1 heteroatoms. The van der Waals surface area contributed by atoms with Gasteiger partial charge in [0.05, 0.1) is 0 Å². The van der Waals surface area contributed by atoms with Crippen molar-refractivity contribution in [2.24, 2.45) is 5.92 Å². The zero-order chi connectivity index (χ0) is 10.9. The van der Waals surface area contributed by atoms with Gasteiger partial charge < -0.3 is 0 Å². The number of pyridine rings is 1. The molecule has 0 saturated carbocycles. The third-order valence-corrected chi connectivity index (χ3v) is 2.88. The summed E-state index contributed by atoms with van der Waals surface area (Å²) in [5.41, 5.74) is 1.42. The largest absolute Gasteiger partial charge is 0.265 e. The Morgan fingerprint density at radius 2 is 1.87 bits per heavy atom. The molecular weight excluding hydrogens is 182 g/mol. The lowest BCUT2D eigenvalue weighted by Gasteiger charge is -2.10. The zero-order valence-corrected chi connectivity index (χ0v) is 10.1. The van der Waals surface area contributed by atoms with Crippen molar-refractivity contribution < 1.29 is 0 Å². The third kappa shape index (κ3) is 5.56. The van der Waals surface area contributed by atoms with Crippen LogP contribution in [0.1, 0.15) is 51.5 Å². The van der Waals surface area contributed by atoms with Gasteiger partial charge in [0, 0.05) is 12.4 Å². The molecule has 0 spiro atoms. The maximum absolute atomic E-state index is 4.04. The lowest BCUT2D eigenvalue weighted by atomic mass is 9.96.